The summed E-state index contributed by atoms with van der Waals surface area (Å²) in [7, 11) is 2.96. The quantitative estimate of drug-likeness (QED) is 0.899. The molecule has 2 aromatic rings. The molecule has 0 aliphatic rings. The molecule has 114 valence electrons. The van der Waals surface area contributed by atoms with Gasteiger partial charge in [-0.15, -0.1) is 0 Å². The van der Waals surface area contributed by atoms with Crippen molar-refractivity contribution >= 4 is 17.6 Å². The number of carboxylic acid groups (broad SMARTS) is 1. The van der Waals surface area contributed by atoms with Gasteiger partial charge in [-0.1, -0.05) is 12.1 Å². The molecule has 6 nitrogen and oxygen atoms in total. The zero-order valence-electron chi connectivity index (χ0n) is 12.1. The van der Waals surface area contributed by atoms with Gasteiger partial charge in [0.2, 0.25) is 0 Å². The van der Waals surface area contributed by atoms with E-state index in [-0.39, 0.29) is 5.56 Å². The lowest BCUT2D eigenvalue weighted by Crippen LogP contribution is -2.22. The molecule has 2 rings (SSSR count). The van der Waals surface area contributed by atoms with Gasteiger partial charge >= 0.3 is 0 Å². The number of hydrogen-bond acceptors (Lipinski definition) is 5. The topological polar surface area (TPSA) is 87.7 Å². The molecule has 1 N–H and O–H groups in total. The third-order valence-corrected chi connectivity index (χ3v) is 3.01. The Kier molecular flexibility index (Phi) is 4.63. The Morgan fingerprint density at radius 2 is 1.82 bits per heavy atom. The molecule has 1 amide bonds. The van der Waals surface area contributed by atoms with E-state index >= 15 is 0 Å². The summed E-state index contributed by atoms with van der Waals surface area (Å²) in [6, 6.07) is 10.6. The number of nitrogens with one attached hydrogen (secondary N) is 1. The van der Waals surface area contributed by atoms with Crippen LogP contribution in [0.2, 0.25) is 0 Å². The normalized spacial score (nSPS) is 9.91. The Labute approximate surface area is 127 Å². The average molecular weight is 300 g/mol. The van der Waals surface area contributed by atoms with Gasteiger partial charge < -0.3 is 24.7 Å². The van der Waals surface area contributed by atoms with Crippen LogP contribution >= 0.6 is 0 Å². The number of rotatable bonds is 5. The third-order valence-electron chi connectivity index (χ3n) is 3.01. The number of benzene rings is 2. The Balaban J connectivity index is 2.25. The minimum atomic E-state index is -1.31. The number of aromatic carboxylic acids is 1. The van der Waals surface area contributed by atoms with E-state index in [4.69, 9.17) is 9.47 Å². The monoisotopic (exact) mass is 300 g/mol. The number of anilines is 1. The summed E-state index contributed by atoms with van der Waals surface area (Å²) >= 11 is 0. The predicted molar refractivity (Wildman–Crippen MR) is 78.3 cm³/mol. The molecule has 0 heterocycles. The largest absolute Gasteiger partial charge is 0.545 e. The number of methoxy groups -OCH3 is 2. The molecule has 0 saturated carbocycles. The summed E-state index contributed by atoms with van der Waals surface area (Å²) in [5.41, 5.74) is 0.645. The summed E-state index contributed by atoms with van der Waals surface area (Å²) in [4.78, 5) is 23.1. The summed E-state index contributed by atoms with van der Waals surface area (Å²) in [6.07, 6.45) is 0. The standard InChI is InChI=1S/C16H15NO5/c1-21-12-6-7-13(14(9-12)22-2)15(18)17-11-5-3-4-10(8-11)16(19)20/h3-9H,1-2H3,(H,17,18)(H,19,20)/p-1. The highest BCUT2D eigenvalue weighted by Crippen LogP contribution is 2.25. The van der Waals surface area contributed by atoms with Gasteiger partial charge in [-0.2, -0.15) is 0 Å². The van der Waals surface area contributed by atoms with Crippen molar-refractivity contribution in [2.75, 3.05) is 19.5 Å². The molecular weight excluding hydrogens is 286 g/mol. The van der Waals surface area contributed by atoms with Crippen molar-refractivity contribution in [2.24, 2.45) is 0 Å². The molecule has 0 aromatic heterocycles. The first kappa shape index (κ1) is 15.4. The van der Waals surface area contributed by atoms with Crippen molar-refractivity contribution in [1.29, 1.82) is 0 Å². The van der Waals surface area contributed by atoms with Gasteiger partial charge in [0.25, 0.3) is 5.91 Å². The molecule has 0 atom stereocenters. The Bertz CT molecular complexity index is 711. The first-order valence-electron chi connectivity index (χ1n) is 6.40. The van der Waals surface area contributed by atoms with Crippen LogP contribution in [0.1, 0.15) is 20.7 Å². The zero-order chi connectivity index (χ0) is 16.1. The lowest BCUT2D eigenvalue weighted by Gasteiger charge is -2.11. The van der Waals surface area contributed by atoms with Gasteiger partial charge in [-0.3, -0.25) is 4.79 Å². The van der Waals surface area contributed by atoms with Crippen molar-refractivity contribution in [3.8, 4) is 11.5 Å². The van der Waals surface area contributed by atoms with Crippen molar-refractivity contribution in [3.63, 3.8) is 0 Å². The van der Waals surface area contributed by atoms with E-state index in [1.165, 1.54) is 32.4 Å². The second-order valence-corrected chi connectivity index (χ2v) is 4.39. The lowest BCUT2D eigenvalue weighted by molar-refractivity contribution is -0.255. The van der Waals surface area contributed by atoms with E-state index in [9.17, 15) is 14.7 Å². The van der Waals surface area contributed by atoms with Crippen molar-refractivity contribution in [3.05, 3.63) is 53.6 Å². The predicted octanol–water partition coefficient (Wildman–Crippen LogP) is 1.32. The second-order valence-electron chi connectivity index (χ2n) is 4.39. The third kappa shape index (κ3) is 3.35. The number of hydrogen-bond donors (Lipinski definition) is 1. The summed E-state index contributed by atoms with van der Waals surface area (Å²) in [6.45, 7) is 0. The van der Waals surface area contributed by atoms with E-state index < -0.39 is 11.9 Å². The van der Waals surface area contributed by atoms with Gasteiger partial charge in [0, 0.05) is 11.8 Å². The fourth-order valence-electron chi connectivity index (χ4n) is 1.91. The minimum absolute atomic E-state index is 0.0144. The molecule has 0 radical (unpaired) electrons. The fraction of sp³-hybridized carbons (Fsp3) is 0.125. The first-order chi connectivity index (χ1) is 10.5. The number of ether oxygens (including phenoxy) is 2. The van der Waals surface area contributed by atoms with Crippen LogP contribution in [0.25, 0.3) is 0 Å². The van der Waals surface area contributed by atoms with E-state index in [2.05, 4.69) is 5.32 Å². The maximum absolute atomic E-state index is 12.3. The fourth-order valence-corrected chi connectivity index (χ4v) is 1.91. The Morgan fingerprint density at radius 1 is 1.05 bits per heavy atom. The second kappa shape index (κ2) is 6.62. The maximum Gasteiger partial charge on any atom is 0.259 e. The van der Waals surface area contributed by atoms with Crippen LogP contribution in [-0.2, 0) is 0 Å². The smallest absolute Gasteiger partial charge is 0.259 e. The molecule has 0 bridgehead atoms. The molecule has 0 unspecified atom stereocenters. The highest BCUT2D eigenvalue weighted by molar-refractivity contribution is 6.06. The first-order valence-corrected chi connectivity index (χ1v) is 6.40. The average Bonchev–Trinajstić information content (AvgIpc) is 2.54. The van der Waals surface area contributed by atoms with Crippen LogP contribution < -0.4 is 19.9 Å². The van der Waals surface area contributed by atoms with Gasteiger partial charge in [0.1, 0.15) is 11.5 Å². The van der Waals surface area contributed by atoms with Gasteiger partial charge in [-0.25, -0.2) is 0 Å². The number of amides is 1. The maximum atomic E-state index is 12.3. The van der Waals surface area contributed by atoms with Crippen LogP contribution in [0.3, 0.4) is 0 Å². The van der Waals surface area contributed by atoms with Crippen LogP contribution in [0.5, 0.6) is 11.5 Å². The Morgan fingerprint density at radius 3 is 2.45 bits per heavy atom. The molecule has 6 heteroatoms. The van der Waals surface area contributed by atoms with E-state index in [0.717, 1.165) is 0 Å². The molecular formula is C16H14NO5-. The molecule has 0 fully saturated rings. The van der Waals surface area contributed by atoms with Crippen LogP contribution in [0, 0.1) is 0 Å². The van der Waals surface area contributed by atoms with Crippen LogP contribution in [-0.4, -0.2) is 26.1 Å². The van der Waals surface area contributed by atoms with Gasteiger partial charge in [0.15, 0.2) is 0 Å². The highest BCUT2D eigenvalue weighted by atomic mass is 16.5. The number of carboxylic acids is 1. The molecule has 0 aliphatic heterocycles. The molecule has 2 aromatic carbocycles. The molecule has 0 saturated heterocycles. The molecule has 22 heavy (non-hydrogen) atoms. The number of carbonyl (C=O) groups excluding carboxylic acids is 2. The van der Waals surface area contributed by atoms with E-state index in [0.29, 0.717) is 22.7 Å². The molecule has 0 spiro atoms. The van der Waals surface area contributed by atoms with E-state index in [1.54, 1.807) is 24.3 Å². The van der Waals surface area contributed by atoms with Crippen molar-refractivity contribution < 1.29 is 24.2 Å². The van der Waals surface area contributed by atoms with Crippen molar-refractivity contribution in [1.82, 2.24) is 0 Å². The summed E-state index contributed by atoms with van der Waals surface area (Å²) in [5.74, 6) is -0.812. The zero-order valence-corrected chi connectivity index (χ0v) is 12.1. The SMILES string of the molecule is COc1ccc(C(=O)Nc2cccc(C(=O)[O-])c2)c(OC)c1. The summed E-state index contributed by atoms with van der Waals surface area (Å²) < 4.78 is 10.2. The van der Waals surface area contributed by atoms with Crippen molar-refractivity contribution in [2.45, 2.75) is 0 Å². The number of carbonyl (C=O) groups is 2. The van der Waals surface area contributed by atoms with Crippen LogP contribution in [0.4, 0.5) is 5.69 Å². The van der Waals surface area contributed by atoms with Gasteiger partial charge in [0.05, 0.1) is 25.8 Å². The highest BCUT2D eigenvalue weighted by Gasteiger charge is 2.13. The van der Waals surface area contributed by atoms with Crippen LogP contribution in [0.15, 0.2) is 42.5 Å². The molecule has 0 aliphatic carbocycles. The Hall–Kier alpha value is -3.02. The minimum Gasteiger partial charge on any atom is -0.545 e. The lowest BCUT2D eigenvalue weighted by atomic mass is 10.1. The summed E-state index contributed by atoms with van der Waals surface area (Å²) in [5, 5.41) is 13.4. The van der Waals surface area contributed by atoms with Gasteiger partial charge in [-0.05, 0) is 29.8 Å². The van der Waals surface area contributed by atoms with E-state index in [1.807, 2.05) is 0 Å².